The Bertz CT molecular complexity index is 640. The number of carbonyl (C=O) groups is 1. The highest BCUT2D eigenvalue weighted by atomic mass is 32.2. The number of aromatic nitrogens is 2. The third kappa shape index (κ3) is 3.89. The van der Waals surface area contributed by atoms with Gasteiger partial charge in [-0.25, -0.2) is 0 Å². The second-order valence-electron chi connectivity index (χ2n) is 5.38. The van der Waals surface area contributed by atoms with Gasteiger partial charge in [-0.2, -0.15) is 0 Å². The third-order valence-electron chi connectivity index (χ3n) is 3.98. The van der Waals surface area contributed by atoms with Crippen LogP contribution in [0.1, 0.15) is 12.8 Å². The number of nitrogens with two attached hydrogens (primary N) is 1. The molecule has 0 radical (unpaired) electrons. The fourth-order valence-corrected chi connectivity index (χ4v) is 3.91. The van der Waals surface area contributed by atoms with Crippen molar-refractivity contribution in [1.29, 1.82) is 0 Å². The first-order chi connectivity index (χ1) is 11.2. The molecule has 1 amide bonds. The number of hydrogen-bond donors (Lipinski definition) is 2. The molecule has 0 bridgehead atoms. The van der Waals surface area contributed by atoms with Crippen molar-refractivity contribution in [1.82, 2.24) is 10.2 Å². The van der Waals surface area contributed by atoms with Crippen LogP contribution < -0.4 is 11.1 Å². The molecule has 3 rings (SSSR count). The van der Waals surface area contributed by atoms with E-state index in [0.29, 0.717) is 32.6 Å². The molecule has 8 heteroatoms. The van der Waals surface area contributed by atoms with Crippen LogP contribution >= 0.6 is 23.1 Å². The Morgan fingerprint density at radius 3 is 2.70 bits per heavy atom. The molecule has 3 N–H and O–H groups in total. The lowest BCUT2D eigenvalue weighted by atomic mass is 9.79. The Labute approximate surface area is 142 Å². The standard InChI is InChI=1S/C15H18N4O2S2/c16-9-15(5-7-21-8-6-15)13(20)18-11-1-3-12(4-2-11)23-14-19-17-10-22-14/h1-4,10H,5-9,16H2,(H,18,20). The van der Waals surface area contributed by atoms with E-state index < -0.39 is 5.41 Å². The minimum Gasteiger partial charge on any atom is -0.381 e. The average Bonchev–Trinajstić information content (AvgIpc) is 3.10. The maximum atomic E-state index is 12.6. The molecule has 0 atom stereocenters. The van der Waals surface area contributed by atoms with Gasteiger partial charge in [-0.3, -0.25) is 4.79 Å². The van der Waals surface area contributed by atoms with E-state index in [1.165, 1.54) is 11.3 Å². The number of anilines is 1. The molecule has 0 spiro atoms. The van der Waals surface area contributed by atoms with Crippen LogP contribution in [0.5, 0.6) is 0 Å². The first-order valence-electron chi connectivity index (χ1n) is 7.35. The first-order valence-corrected chi connectivity index (χ1v) is 9.05. The monoisotopic (exact) mass is 350 g/mol. The number of ether oxygens (including phenoxy) is 1. The molecular weight excluding hydrogens is 332 g/mol. The van der Waals surface area contributed by atoms with Gasteiger partial charge < -0.3 is 15.8 Å². The van der Waals surface area contributed by atoms with Crippen LogP contribution in [0.2, 0.25) is 0 Å². The highest BCUT2D eigenvalue weighted by Crippen LogP contribution is 2.32. The van der Waals surface area contributed by atoms with Gasteiger partial charge in [-0.15, -0.1) is 10.2 Å². The largest absolute Gasteiger partial charge is 0.381 e. The Kier molecular flexibility index (Phi) is 5.27. The quantitative estimate of drug-likeness (QED) is 0.860. The molecule has 0 saturated carbocycles. The molecule has 2 aromatic rings. The molecule has 6 nitrogen and oxygen atoms in total. The van der Waals surface area contributed by atoms with Gasteiger partial charge in [0.15, 0.2) is 4.34 Å². The summed E-state index contributed by atoms with van der Waals surface area (Å²) < 4.78 is 6.24. The molecule has 122 valence electrons. The van der Waals surface area contributed by atoms with Crippen molar-refractivity contribution in [2.45, 2.75) is 22.1 Å². The molecule has 1 fully saturated rings. The zero-order valence-electron chi connectivity index (χ0n) is 12.5. The van der Waals surface area contributed by atoms with Crippen LogP contribution in [0.25, 0.3) is 0 Å². The van der Waals surface area contributed by atoms with Gasteiger partial charge in [0.05, 0.1) is 5.41 Å². The summed E-state index contributed by atoms with van der Waals surface area (Å²) in [4.78, 5) is 13.6. The summed E-state index contributed by atoms with van der Waals surface area (Å²) >= 11 is 3.05. The smallest absolute Gasteiger partial charge is 0.232 e. The predicted octanol–water partition coefficient (Wildman–Crippen LogP) is 2.38. The average molecular weight is 350 g/mol. The molecule has 1 aromatic carbocycles. The Morgan fingerprint density at radius 2 is 2.09 bits per heavy atom. The summed E-state index contributed by atoms with van der Waals surface area (Å²) in [6.45, 7) is 1.51. The van der Waals surface area contributed by atoms with Crippen LogP contribution in [-0.2, 0) is 9.53 Å². The van der Waals surface area contributed by atoms with E-state index in [9.17, 15) is 4.79 Å². The fraction of sp³-hybridized carbons (Fsp3) is 0.400. The van der Waals surface area contributed by atoms with Crippen LogP contribution in [0, 0.1) is 5.41 Å². The first kappa shape index (κ1) is 16.4. The lowest BCUT2D eigenvalue weighted by molar-refractivity contribution is -0.130. The normalized spacial score (nSPS) is 16.9. The summed E-state index contributed by atoms with van der Waals surface area (Å²) in [6, 6.07) is 7.71. The summed E-state index contributed by atoms with van der Waals surface area (Å²) in [5, 5.41) is 10.8. The maximum Gasteiger partial charge on any atom is 0.232 e. The molecule has 1 aliphatic rings. The van der Waals surface area contributed by atoms with E-state index in [-0.39, 0.29) is 5.91 Å². The van der Waals surface area contributed by atoms with E-state index in [1.807, 2.05) is 24.3 Å². The van der Waals surface area contributed by atoms with Crippen LogP contribution in [0.3, 0.4) is 0 Å². The van der Waals surface area contributed by atoms with E-state index >= 15 is 0 Å². The van der Waals surface area contributed by atoms with Gasteiger partial charge in [0.1, 0.15) is 5.51 Å². The number of nitrogens with one attached hydrogen (secondary N) is 1. The zero-order chi connectivity index (χ0) is 16.1. The molecule has 1 aromatic heterocycles. The lowest BCUT2D eigenvalue weighted by Gasteiger charge is -2.34. The van der Waals surface area contributed by atoms with Crippen molar-refractivity contribution in [3.05, 3.63) is 29.8 Å². The number of hydrogen-bond acceptors (Lipinski definition) is 7. The van der Waals surface area contributed by atoms with Crippen molar-refractivity contribution >= 4 is 34.7 Å². The van der Waals surface area contributed by atoms with Crippen molar-refractivity contribution in [2.24, 2.45) is 11.1 Å². The molecule has 0 unspecified atom stereocenters. The van der Waals surface area contributed by atoms with Gasteiger partial charge in [-0.1, -0.05) is 23.1 Å². The minimum atomic E-state index is -0.516. The molecule has 23 heavy (non-hydrogen) atoms. The third-order valence-corrected chi connectivity index (χ3v) is 5.77. The number of nitrogens with zero attached hydrogens (tertiary/aromatic N) is 2. The number of benzene rings is 1. The highest BCUT2D eigenvalue weighted by molar-refractivity contribution is 8.01. The predicted molar refractivity (Wildman–Crippen MR) is 90.6 cm³/mol. The molecule has 0 aliphatic carbocycles. The van der Waals surface area contributed by atoms with Crippen LogP contribution in [0.4, 0.5) is 5.69 Å². The van der Waals surface area contributed by atoms with E-state index in [1.54, 1.807) is 17.3 Å². The summed E-state index contributed by atoms with van der Waals surface area (Å²) in [6.07, 6.45) is 1.33. The minimum absolute atomic E-state index is 0.0205. The van der Waals surface area contributed by atoms with Crippen molar-refractivity contribution in [3.8, 4) is 0 Å². The topological polar surface area (TPSA) is 90.1 Å². The number of amides is 1. The molecule has 1 saturated heterocycles. The van der Waals surface area contributed by atoms with Gasteiger partial charge >= 0.3 is 0 Å². The van der Waals surface area contributed by atoms with Crippen molar-refractivity contribution in [2.75, 3.05) is 25.1 Å². The van der Waals surface area contributed by atoms with Gasteiger partial charge in [0, 0.05) is 30.3 Å². The van der Waals surface area contributed by atoms with Gasteiger partial charge in [0.2, 0.25) is 5.91 Å². The van der Waals surface area contributed by atoms with Crippen LogP contribution in [-0.4, -0.2) is 35.9 Å². The second-order valence-corrected chi connectivity index (χ2v) is 7.54. The fourth-order valence-electron chi connectivity index (χ4n) is 2.46. The Morgan fingerprint density at radius 1 is 1.35 bits per heavy atom. The molecular formula is C15H18N4O2S2. The van der Waals surface area contributed by atoms with Crippen molar-refractivity contribution < 1.29 is 9.53 Å². The maximum absolute atomic E-state index is 12.6. The molecule has 1 aliphatic heterocycles. The zero-order valence-corrected chi connectivity index (χ0v) is 14.2. The Balaban J connectivity index is 1.64. The number of rotatable bonds is 5. The molecule has 2 heterocycles. The second kappa shape index (κ2) is 7.39. The summed E-state index contributed by atoms with van der Waals surface area (Å²) in [7, 11) is 0. The van der Waals surface area contributed by atoms with Crippen molar-refractivity contribution in [3.63, 3.8) is 0 Å². The lowest BCUT2D eigenvalue weighted by Crippen LogP contribution is -2.46. The number of carbonyl (C=O) groups excluding carboxylic acids is 1. The Hall–Kier alpha value is -1.48. The van der Waals surface area contributed by atoms with E-state index in [0.717, 1.165) is 14.9 Å². The van der Waals surface area contributed by atoms with E-state index in [2.05, 4.69) is 15.5 Å². The summed E-state index contributed by atoms with van der Waals surface area (Å²) in [5.41, 5.74) is 7.83. The highest BCUT2D eigenvalue weighted by Gasteiger charge is 2.38. The van der Waals surface area contributed by atoms with Gasteiger partial charge in [-0.05, 0) is 37.1 Å². The van der Waals surface area contributed by atoms with E-state index in [4.69, 9.17) is 10.5 Å². The van der Waals surface area contributed by atoms with Gasteiger partial charge in [0.25, 0.3) is 0 Å². The van der Waals surface area contributed by atoms with Crippen LogP contribution in [0.15, 0.2) is 39.0 Å². The SMILES string of the molecule is NCC1(C(=O)Nc2ccc(Sc3nncs3)cc2)CCOCC1. The summed E-state index contributed by atoms with van der Waals surface area (Å²) in [5.74, 6) is -0.0205.